The summed E-state index contributed by atoms with van der Waals surface area (Å²) in [5, 5.41) is 0.654. The van der Waals surface area contributed by atoms with Crippen LogP contribution in [0.2, 0.25) is 5.02 Å². The molecule has 3 aromatic carbocycles. The van der Waals surface area contributed by atoms with Gasteiger partial charge >= 0.3 is 0 Å². The molecule has 0 radical (unpaired) electrons. The maximum atomic E-state index is 13.5. The summed E-state index contributed by atoms with van der Waals surface area (Å²) in [7, 11) is 5.61. The normalized spacial score (nSPS) is 15.4. The van der Waals surface area contributed by atoms with Gasteiger partial charge in [0.2, 0.25) is 5.91 Å². The molecule has 0 N–H and O–H groups in total. The molecule has 0 saturated carbocycles. The number of fused-ring (bicyclic) bond motifs is 1. The Hall–Kier alpha value is -3.18. The van der Waals surface area contributed by atoms with Gasteiger partial charge in [0.15, 0.2) is 11.5 Å². The Balaban J connectivity index is 1.89. The van der Waals surface area contributed by atoms with Crippen molar-refractivity contribution in [3.05, 3.63) is 82.4 Å². The second-order valence-corrected chi connectivity index (χ2v) is 9.11. The van der Waals surface area contributed by atoms with E-state index in [2.05, 4.69) is 0 Å². The lowest BCUT2D eigenvalue weighted by Crippen LogP contribution is -2.41. The number of methoxy groups -OCH3 is 1. The quantitative estimate of drug-likeness (QED) is 0.456. The average molecular weight is 465 g/mol. The molecule has 1 atom stereocenters. The molecule has 4 rings (SSSR count). The summed E-state index contributed by atoms with van der Waals surface area (Å²) in [4.78, 5) is 17.4. The van der Waals surface area contributed by atoms with E-state index in [1.165, 1.54) is 0 Å². The van der Waals surface area contributed by atoms with Crippen molar-refractivity contribution < 1.29 is 14.3 Å². The van der Waals surface area contributed by atoms with E-state index in [0.29, 0.717) is 16.5 Å². The average Bonchev–Trinajstić information content (AvgIpc) is 2.78. The molecule has 0 aliphatic carbocycles. The molecule has 0 saturated heterocycles. The third-order valence-electron chi connectivity index (χ3n) is 5.78. The highest BCUT2D eigenvalue weighted by Crippen LogP contribution is 2.44. The van der Waals surface area contributed by atoms with E-state index in [-0.39, 0.29) is 24.5 Å². The van der Waals surface area contributed by atoms with Crippen molar-refractivity contribution in [3.63, 3.8) is 0 Å². The summed E-state index contributed by atoms with van der Waals surface area (Å²) in [6.07, 6.45) is 0.276. The highest BCUT2D eigenvalue weighted by molar-refractivity contribution is 6.30. The Morgan fingerprint density at radius 2 is 1.67 bits per heavy atom. The number of halogens is 1. The summed E-state index contributed by atoms with van der Waals surface area (Å²) in [5.74, 6) is 1.33. The Bertz CT molecular complexity index is 1140. The van der Waals surface area contributed by atoms with Gasteiger partial charge in [-0.05, 0) is 79.1 Å². The number of carbonyl (C=O) groups excluding carboxylic acids is 1. The molecule has 1 amide bonds. The van der Waals surface area contributed by atoms with E-state index < -0.39 is 0 Å². The maximum absolute atomic E-state index is 13.5. The third kappa shape index (κ3) is 4.64. The fourth-order valence-electron chi connectivity index (χ4n) is 4.24. The van der Waals surface area contributed by atoms with Crippen LogP contribution in [0.5, 0.6) is 11.5 Å². The van der Waals surface area contributed by atoms with Crippen molar-refractivity contribution >= 4 is 28.9 Å². The Labute approximate surface area is 200 Å². The zero-order valence-electron chi connectivity index (χ0n) is 19.6. The second kappa shape index (κ2) is 9.36. The number of hydrogen-bond acceptors (Lipinski definition) is 4. The van der Waals surface area contributed by atoms with Gasteiger partial charge in [0.25, 0.3) is 0 Å². The number of amides is 1. The van der Waals surface area contributed by atoms with E-state index in [1.54, 1.807) is 7.11 Å². The lowest BCUT2D eigenvalue weighted by molar-refractivity contribution is -0.118. The molecule has 0 bridgehead atoms. The van der Waals surface area contributed by atoms with Crippen LogP contribution in [0, 0.1) is 0 Å². The lowest BCUT2D eigenvalue weighted by atomic mass is 9.86. The van der Waals surface area contributed by atoms with Crippen molar-refractivity contribution in [2.45, 2.75) is 32.4 Å². The van der Waals surface area contributed by atoms with Gasteiger partial charge in [-0.1, -0.05) is 23.7 Å². The molecule has 3 aromatic rings. The van der Waals surface area contributed by atoms with Crippen LogP contribution in [0.25, 0.3) is 0 Å². The molecule has 5 nitrogen and oxygen atoms in total. The van der Waals surface area contributed by atoms with Crippen molar-refractivity contribution in [2.24, 2.45) is 0 Å². The van der Waals surface area contributed by atoms with Crippen LogP contribution in [-0.4, -0.2) is 33.2 Å². The second-order valence-electron chi connectivity index (χ2n) is 8.67. The van der Waals surface area contributed by atoms with Crippen LogP contribution in [0.4, 0.5) is 11.4 Å². The van der Waals surface area contributed by atoms with E-state index in [9.17, 15) is 4.79 Å². The number of rotatable bonds is 6. The molecule has 1 heterocycles. The first-order chi connectivity index (χ1) is 15.8. The molecule has 1 aliphatic heterocycles. The Morgan fingerprint density at radius 1 is 1.00 bits per heavy atom. The molecule has 172 valence electrons. The van der Waals surface area contributed by atoms with Crippen LogP contribution < -0.4 is 19.3 Å². The van der Waals surface area contributed by atoms with Crippen LogP contribution in [0.3, 0.4) is 0 Å². The predicted molar refractivity (Wildman–Crippen MR) is 134 cm³/mol. The first kappa shape index (κ1) is 23.0. The Kier molecular flexibility index (Phi) is 6.52. The molecule has 0 unspecified atom stereocenters. The predicted octanol–water partition coefficient (Wildman–Crippen LogP) is 5.88. The van der Waals surface area contributed by atoms with E-state index in [0.717, 1.165) is 28.1 Å². The minimum absolute atomic E-state index is 0.00849. The SMILES string of the molecule is COc1cc2c(cc1OC(C)C)[C@@H](c1ccc(Cl)cc1)N(c1ccc(N(C)C)cc1)C(=O)C2. The van der Waals surface area contributed by atoms with Gasteiger partial charge in [0.1, 0.15) is 0 Å². The fourth-order valence-corrected chi connectivity index (χ4v) is 4.37. The molecular formula is C27H29ClN2O3. The van der Waals surface area contributed by atoms with Gasteiger partial charge in [-0.3, -0.25) is 4.79 Å². The minimum atomic E-state index is -0.316. The summed E-state index contributed by atoms with van der Waals surface area (Å²) in [6.45, 7) is 3.97. The molecule has 1 aliphatic rings. The Morgan fingerprint density at radius 3 is 2.24 bits per heavy atom. The zero-order chi connectivity index (χ0) is 23.7. The monoisotopic (exact) mass is 464 g/mol. The van der Waals surface area contributed by atoms with Crippen LogP contribution in [0.1, 0.15) is 36.6 Å². The highest BCUT2D eigenvalue weighted by atomic mass is 35.5. The minimum Gasteiger partial charge on any atom is -0.493 e. The van der Waals surface area contributed by atoms with E-state index in [1.807, 2.05) is 98.4 Å². The summed E-state index contributed by atoms with van der Waals surface area (Å²) in [5.41, 5.74) is 4.85. The number of benzene rings is 3. The number of anilines is 2. The van der Waals surface area contributed by atoms with Crippen LogP contribution >= 0.6 is 11.6 Å². The van der Waals surface area contributed by atoms with Gasteiger partial charge in [-0.15, -0.1) is 0 Å². The summed E-state index contributed by atoms with van der Waals surface area (Å²) >= 11 is 6.18. The number of nitrogens with zero attached hydrogens (tertiary/aromatic N) is 2. The maximum Gasteiger partial charge on any atom is 0.232 e. The molecule has 33 heavy (non-hydrogen) atoms. The van der Waals surface area contributed by atoms with Crippen molar-refractivity contribution in [3.8, 4) is 11.5 Å². The van der Waals surface area contributed by atoms with Crippen LogP contribution in [-0.2, 0) is 11.2 Å². The van der Waals surface area contributed by atoms with Crippen molar-refractivity contribution in [2.75, 3.05) is 31.0 Å². The molecule has 0 spiro atoms. The van der Waals surface area contributed by atoms with E-state index in [4.69, 9.17) is 21.1 Å². The van der Waals surface area contributed by atoms with Gasteiger partial charge in [-0.25, -0.2) is 0 Å². The smallest absolute Gasteiger partial charge is 0.232 e. The summed E-state index contributed by atoms with van der Waals surface area (Å²) in [6, 6.07) is 19.3. The van der Waals surface area contributed by atoms with Gasteiger partial charge in [-0.2, -0.15) is 0 Å². The molecular weight excluding hydrogens is 436 g/mol. The summed E-state index contributed by atoms with van der Waals surface area (Å²) < 4.78 is 11.6. The van der Waals surface area contributed by atoms with Crippen molar-refractivity contribution in [1.82, 2.24) is 0 Å². The molecule has 6 heteroatoms. The van der Waals surface area contributed by atoms with Crippen LogP contribution in [0.15, 0.2) is 60.7 Å². The lowest BCUT2D eigenvalue weighted by Gasteiger charge is -2.38. The topological polar surface area (TPSA) is 42.0 Å². The van der Waals surface area contributed by atoms with Gasteiger partial charge in [0, 0.05) is 30.5 Å². The standard InChI is InChI=1S/C27H29ClN2O3/c1-17(2)33-25-16-23-19(14-24(25)32-5)15-26(31)30(22-12-10-21(11-13-22)29(3)4)27(23)18-6-8-20(28)9-7-18/h6-14,16-17,27H,15H2,1-5H3/t27-/m1/s1. The molecule has 0 fully saturated rings. The highest BCUT2D eigenvalue weighted by Gasteiger charge is 2.36. The fraction of sp³-hybridized carbons (Fsp3) is 0.296. The van der Waals surface area contributed by atoms with Crippen molar-refractivity contribution in [1.29, 1.82) is 0 Å². The first-order valence-electron chi connectivity index (χ1n) is 11.0. The van der Waals surface area contributed by atoms with Gasteiger partial charge in [0.05, 0.1) is 25.7 Å². The number of carbonyl (C=O) groups is 1. The largest absolute Gasteiger partial charge is 0.493 e. The number of ether oxygens (including phenoxy) is 2. The van der Waals surface area contributed by atoms with Gasteiger partial charge < -0.3 is 19.3 Å². The third-order valence-corrected chi connectivity index (χ3v) is 6.03. The zero-order valence-corrected chi connectivity index (χ0v) is 20.4. The first-order valence-corrected chi connectivity index (χ1v) is 11.4. The van der Waals surface area contributed by atoms with E-state index >= 15 is 0 Å². The number of hydrogen-bond donors (Lipinski definition) is 0. The molecule has 0 aromatic heterocycles.